The van der Waals surface area contributed by atoms with E-state index in [0.29, 0.717) is 0 Å². The van der Waals surface area contributed by atoms with Crippen LogP contribution in [-0.2, 0) is 0 Å². The normalized spacial score (nSPS) is 11.2. The van der Waals surface area contributed by atoms with Gasteiger partial charge in [-0.3, -0.25) is 0 Å². The molecular weight excluding hydrogens is 839 g/mol. The summed E-state index contributed by atoms with van der Waals surface area (Å²) in [4.78, 5) is 2.37. The number of rotatable bonds is 10. The summed E-state index contributed by atoms with van der Waals surface area (Å²) in [5, 5.41) is 2.62. The maximum atomic E-state index is 2.37. The number of nitrogens with zero attached hydrogens (tertiary/aromatic N) is 1. The Balaban J connectivity index is 0.938. The second-order valence-corrected chi connectivity index (χ2v) is 18.4. The molecule has 11 aromatic carbocycles. The van der Waals surface area contributed by atoms with Gasteiger partial charge in [0.2, 0.25) is 0 Å². The molecule has 0 atom stereocenters. The molecule has 68 heavy (non-hydrogen) atoms. The number of anilines is 3. The summed E-state index contributed by atoms with van der Waals surface area (Å²) >= 11 is 1.86. The van der Waals surface area contributed by atoms with Crippen LogP contribution in [0, 0.1) is 0 Å². The smallest absolute Gasteiger partial charge is 0.0462 e. The lowest BCUT2D eigenvalue weighted by Crippen LogP contribution is -2.09. The summed E-state index contributed by atoms with van der Waals surface area (Å²) in [6.45, 7) is 0. The van der Waals surface area contributed by atoms with Crippen LogP contribution in [0.15, 0.2) is 273 Å². The van der Waals surface area contributed by atoms with E-state index in [1.807, 2.05) is 11.3 Å². The van der Waals surface area contributed by atoms with Crippen molar-refractivity contribution in [2.45, 2.75) is 0 Å². The average molecular weight is 884 g/mol. The molecule has 0 saturated carbocycles. The Morgan fingerprint density at radius 2 is 0.471 bits per heavy atom. The predicted octanol–water partition coefficient (Wildman–Crippen LogP) is 19.2. The minimum Gasteiger partial charge on any atom is -0.311 e. The molecule has 0 aliphatic rings. The van der Waals surface area contributed by atoms with Crippen molar-refractivity contribution >= 4 is 48.6 Å². The van der Waals surface area contributed by atoms with Crippen molar-refractivity contribution < 1.29 is 0 Å². The number of hydrogen-bond donors (Lipinski definition) is 0. The van der Waals surface area contributed by atoms with Crippen molar-refractivity contribution in [3.8, 4) is 77.9 Å². The van der Waals surface area contributed by atoms with Crippen LogP contribution >= 0.6 is 11.3 Å². The van der Waals surface area contributed by atoms with Gasteiger partial charge in [-0.25, -0.2) is 0 Å². The van der Waals surface area contributed by atoms with Crippen LogP contribution in [0.1, 0.15) is 0 Å². The minimum absolute atomic E-state index is 1.08. The molecule has 1 aromatic heterocycles. The Bertz CT molecular complexity index is 3390. The quantitative estimate of drug-likeness (QED) is 0.132. The van der Waals surface area contributed by atoms with Crippen LogP contribution in [0.25, 0.3) is 98.1 Å². The van der Waals surface area contributed by atoms with Crippen molar-refractivity contribution in [3.63, 3.8) is 0 Å². The van der Waals surface area contributed by atoms with E-state index in [1.165, 1.54) is 98.1 Å². The second kappa shape index (κ2) is 18.0. The molecule has 0 spiro atoms. The highest BCUT2D eigenvalue weighted by Crippen LogP contribution is 2.41. The standard InChI is InChI=1S/C66H45NS/c1-5-15-46(16-6-1)54-39-55(47-17-7-2-8-18-47)42-58(41-54)51-27-34-61(35-28-51)67(60-32-25-50(26-33-60)53-31-38-66-64(45-53)63-23-13-14-24-65(63)68-66)62-36-29-52(30-37-62)59-43-56(48-19-9-3-10-20-48)40-57(44-59)49-21-11-4-12-22-49/h1-45H. The van der Waals surface area contributed by atoms with Crippen molar-refractivity contribution in [1.82, 2.24) is 0 Å². The van der Waals surface area contributed by atoms with E-state index in [-0.39, 0.29) is 0 Å². The molecular formula is C66H45NS. The topological polar surface area (TPSA) is 3.24 Å². The lowest BCUT2D eigenvalue weighted by atomic mass is 9.93. The molecule has 0 bridgehead atoms. The molecule has 0 aliphatic heterocycles. The summed E-state index contributed by atoms with van der Waals surface area (Å²) in [7, 11) is 0. The first-order valence-corrected chi connectivity index (χ1v) is 24.0. The molecule has 0 unspecified atom stereocenters. The van der Waals surface area contributed by atoms with Crippen LogP contribution in [0.3, 0.4) is 0 Å². The molecule has 2 heteroatoms. The summed E-state index contributed by atoms with van der Waals surface area (Å²) in [6, 6.07) is 99.4. The third-order valence-corrected chi connectivity index (χ3v) is 14.2. The zero-order valence-electron chi connectivity index (χ0n) is 37.3. The van der Waals surface area contributed by atoms with Gasteiger partial charge < -0.3 is 4.90 Å². The van der Waals surface area contributed by atoms with E-state index >= 15 is 0 Å². The first-order valence-electron chi connectivity index (χ1n) is 23.2. The molecule has 12 aromatic rings. The molecule has 0 N–H and O–H groups in total. The molecule has 1 heterocycles. The second-order valence-electron chi connectivity index (χ2n) is 17.3. The van der Waals surface area contributed by atoms with Crippen LogP contribution in [0.4, 0.5) is 17.1 Å². The van der Waals surface area contributed by atoms with Gasteiger partial charge in [-0.15, -0.1) is 11.3 Å². The van der Waals surface area contributed by atoms with Crippen molar-refractivity contribution in [3.05, 3.63) is 273 Å². The van der Waals surface area contributed by atoms with E-state index < -0.39 is 0 Å². The molecule has 0 fully saturated rings. The van der Waals surface area contributed by atoms with Gasteiger partial charge in [0, 0.05) is 37.2 Å². The van der Waals surface area contributed by atoms with E-state index in [4.69, 9.17) is 0 Å². The number of hydrogen-bond acceptors (Lipinski definition) is 2. The van der Waals surface area contributed by atoms with Gasteiger partial charge in [-0.05, 0) is 169 Å². The maximum Gasteiger partial charge on any atom is 0.0462 e. The van der Waals surface area contributed by atoms with Crippen molar-refractivity contribution in [2.24, 2.45) is 0 Å². The summed E-state index contributed by atoms with van der Waals surface area (Å²) in [5.41, 5.74) is 20.0. The fourth-order valence-corrected chi connectivity index (χ4v) is 10.6. The van der Waals surface area contributed by atoms with Crippen molar-refractivity contribution in [2.75, 3.05) is 4.90 Å². The number of fused-ring (bicyclic) bond motifs is 3. The summed E-state index contributed by atoms with van der Waals surface area (Å²) in [6.07, 6.45) is 0. The number of thiophene rings is 1. The Labute approximate surface area is 402 Å². The third kappa shape index (κ3) is 8.19. The molecule has 0 amide bonds. The highest BCUT2D eigenvalue weighted by Gasteiger charge is 2.16. The Morgan fingerprint density at radius 3 is 0.838 bits per heavy atom. The molecule has 0 radical (unpaired) electrons. The number of benzene rings is 11. The molecule has 0 saturated heterocycles. The van der Waals surface area contributed by atoms with Gasteiger partial charge in [0.25, 0.3) is 0 Å². The Kier molecular flexibility index (Phi) is 10.8. The predicted molar refractivity (Wildman–Crippen MR) is 292 cm³/mol. The maximum absolute atomic E-state index is 2.37. The van der Waals surface area contributed by atoms with Gasteiger partial charge in [0.15, 0.2) is 0 Å². The van der Waals surface area contributed by atoms with E-state index in [9.17, 15) is 0 Å². The largest absolute Gasteiger partial charge is 0.311 e. The summed E-state index contributed by atoms with van der Waals surface area (Å²) in [5.74, 6) is 0. The van der Waals surface area contributed by atoms with Crippen LogP contribution in [-0.4, -0.2) is 0 Å². The zero-order valence-corrected chi connectivity index (χ0v) is 38.2. The highest BCUT2D eigenvalue weighted by molar-refractivity contribution is 7.25. The molecule has 320 valence electrons. The molecule has 0 aliphatic carbocycles. The van der Waals surface area contributed by atoms with Gasteiger partial charge in [0.05, 0.1) is 0 Å². The Morgan fingerprint density at radius 1 is 0.191 bits per heavy atom. The van der Waals surface area contributed by atoms with Gasteiger partial charge in [0.1, 0.15) is 0 Å². The van der Waals surface area contributed by atoms with Crippen molar-refractivity contribution in [1.29, 1.82) is 0 Å². The third-order valence-electron chi connectivity index (χ3n) is 13.0. The molecule has 1 nitrogen and oxygen atoms in total. The highest BCUT2D eigenvalue weighted by atomic mass is 32.1. The van der Waals surface area contributed by atoms with Gasteiger partial charge in [-0.1, -0.05) is 182 Å². The van der Waals surface area contributed by atoms with E-state index in [2.05, 4.69) is 278 Å². The first-order chi connectivity index (χ1) is 33.7. The van der Waals surface area contributed by atoms with Crippen LogP contribution in [0.5, 0.6) is 0 Å². The minimum atomic E-state index is 1.08. The molecule has 12 rings (SSSR count). The van der Waals surface area contributed by atoms with E-state index in [0.717, 1.165) is 17.1 Å². The SMILES string of the molecule is c1ccc(-c2cc(-c3ccccc3)cc(-c3ccc(N(c4ccc(-c5cc(-c6ccccc6)cc(-c6ccccc6)c5)cc4)c4ccc(-c5ccc6sc7ccccc7c6c5)cc4)cc3)c2)cc1. The first kappa shape index (κ1) is 40.9. The van der Waals surface area contributed by atoms with Crippen LogP contribution in [0.2, 0.25) is 0 Å². The van der Waals surface area contributed by atoms with Gasteiger partial charge in [-0.2, -0.15) is 0 Å². The fraction of sp³-hybridized carbons (Fsp3) is 0. The summed E-state index contributed by atoms with van der Waals surface area (Å²) < 4.78 is 2.64. The van der Waals surface area contributed by atoms with E-state index in [1.54, 1.807) is 0 Å². The monoisotopic (exact) mass is 883 g/mol. The zero-order chi connectivity index (χ0) is 45.2. The lowest BCUT2D eigenvalue weighted by Gasteiger charge is -2.26. The fourth-order valence-electron chi connectivity index (χ4n) is 9.54. The lowest BCUT2D eigenvalue weighted by molar-refractivity contribution is 1.28. The van der Waals surface area contributed by atoms with Gasteiger partial charge >= 0.3 is 0 Å². The Hall–Kier alpha value is -8.56. The van der Waals surface area contributed by atoms with Crippen LogP contribution < -0.4 is 4.90 Å². The average Bonchev–Trinajstić information content (AvgIpc) is 3.80.